The molecule has 2 aromatic carbocycles. The molecule has 8 heteroatoms. The van der Waals surface area contributed by atoms with E-state index in [1.54, 1.807) is 12.1 Å². The number of hydrogen-bond donors (Lipinski definition) is 4. The summed E-state index contributed by atoms with van der Waals surface area (Å²) >= 11 is 0. The molecule has 2 rings (SSSR count). The van der Waals surface area contributed by atoms with E-state index in [0.717, 1.165) is 12.2 Å². The van der Waals surface area contributed by atoms with Gasteiger partial charge in [-0.2, -0.15) is 0 Å². The third kappa shape index (κ3) is 4.78. The molecule has 0 aliphatic rings. The van der Waals surface area contributed by atoms with Crippen LogP contribution in [0.15, 0.2) is 60.7 Å². The van der Waals surface area contributed by atoms with Crippen LogP contribution >= 0.6 is 0 Å². The van der Waals surface area contributed by atoms with Gasteiger partial charge in [0.1, 0.15) is 0 Å². The number of para-hydroxylation sites is 2. The lowest BCUT2D eigenvalue weighted by Crippen LogP contribution is -2.15. The van der Waals surface area contributed by atoms with E-state index in [4.69, 9.17) is 10.2 Å². The zero-order valence-electron chi connectivity index (χ0n) is 13.3. The molecular formula is C18H14N2O6. The van der Waals surface area contributed by atoms with Crippen molar-refractivity contribution in [3.05, 3.63) is 71.8 Å². The van der Waals surface area contributed by atoms with Gasteiger partial charge in [-0.15, -0.1) is 0 Å². The van der Waals surface area contributed by atoms with Crippen LogP contribution in [-0.2, 0) is 9.59 Å². The molecule has 4 N–H and O–H groups in total. The van der Waals surface area contributed by atoms with E-state index in [9.17, 15) is 19.2 Å². The first-order valence-electron chi connectivity index (χ1n) is 7.33. The van der Waals surface area contributed by atoms with Crippen molar-refractivity contribution in [2.24, 2.45) is 0 Å². The van der Waals surface area contributed by atoms with Crippen molar-refractivity contribution >= 4 is 35.1 Å². The molecule has 0 saturated heterocycles. The van der Waals surface area contributed by atoms with Crippen LogP contribution in [0.4, 0.5) is 11.4 Å². The van der Waals surface area contributed by atoms with Crippen LogP contribution in [-0.4, -0.2) is 34.0 Å². The summed E-state index contributed by atoms with van der Waals surface area (Å²) in [5.74, 6) is -3.82. The highest BCUT2D eigenvalue weighted by atomic mass is 16.4. The second-order valence-electron chi connectivity index (χ2n) is 5.01. The van der Waals surface area contributed by atoms with Crippen LogP contribution in [0.3, 0.4) is 0 Å². The van der Waals surface area contributed by atoms with Crippen LogP contribution in [0.5, 0.6) is 0 Å². The molecule has 26 heavy (non-hydrogen) atoms. The Kier molecular flexibility index (Phi) is 5.83. The molecule has 0 saturated carbocycles. The molecule has 132 valence electrons. The average molecular weight is 354 g/mol. The van der Waals surface area contributed by atoms with Gasteiger partial charge in [0.15, 0.2) is 0 Å². The van der Waals surface area contributed by atoms with Gasteiger partial charge in [0.25, 0.3) is 0 Å². The molecule has 0 heterocycles. The van der Waals surface area contributed by atoms with Crippen molar-refractivity contribution in [2.45, 2.75) is 0 Å². The van der Waals surface area contributed by atoms with Gasteiger partial charge in [-0.25, -0.2) is 9.59 Å². The number of rotatable bonds is 6. The van der Waals surface area contributed by atoms with Gasteiger partial charge in [-0.05, 0) is 24.3 Å². The summed E-state index contributed by atoms with van der Waals surface area (Å²) in [5.41, 5.74) is 0.000682. The van der Waals surface area contributed by atoms with Crippen molar-refractivity contribution < 1.29 is 29.4 Å². The molecule has 0 spiro atoms. The molecule has 8 nitrogen and oxygen atoms in total. The lowest BCUT2D eigenvalue weighted by molar-refractivity contribution is -0.114. The average Bonchev–Trinajstić information content (AvgIpc) is 2.60. The first-order chi connectivity index (χ1) is 12.4. The van der Waals surface area contributed by atoms with E-state index >= 15 is 0 Å². The molecular weight excluding hydrogens is 340 g/mol. The highest BCUT2D eigenvalue weighted by Crippen LogP contribution is 2.16. The van der Waals surface area contributed by atoms with Gasteiger partial charge in [0.2, 0.25) is 11.8 Å². The fourth-order valence-electron chi connectivity index (χ4n) is 2.06. The van der Waals surface area contributed by atoms with Crippen LogP contribution < -0.4 is 10.6 Å². The highest BCUT2D eigenvalue weighted by Gasteiger charge is 2.12. The monoisotopic (exact) mass is 354 g/mol. The maximum absolute atomic E-state index is 11.9. The van der Waals surface area contributed by atoms with Crippen LogP contribution in [0.25, 0.3) is 0 Å². The number of carbonyl (C=O) groups excluding carboxylic acids is 2. The summed E-state index contributed by atoms with van der Waals surface area (Å²) < 4.78 is 0. The third-order valence-corrected chi connectivity index (χ3v) is 3.22. The molecule has 0 aromatic heterocycles. The Hall–Kier alpha value is -3.94. The van der Waals surface area contributed by atoms with Crippen molar-refractivity contribution in [3.63, 3.8) is 0 Å². The minimum Gasteiger partial charge on any atom is -0.478 e. The number of benzene rings is 2. The van der Waals surface area contributed by atoms with E-state index in [-0.39, 0.29) is 22.5 Å². The Morgan fingerprint density at radius 2 is 1.00 bits per heavy atom. The summed E-state index contributed by atoms with van der Waals surface area (Å²) in [5, 5.41) is 22.8. The summed E-state index contributed by atoms with van der Waals surface area (Å²) in [6.07, 6.45) is 1.83. The Morgan fingerprint density at radius 1 is 0.654 bits per heavy atom. The van der Waals surface area contributed by atoms with Crippen LogP contribution in [0.1, 0.15) is 20.7 Å². The van der Waals surface area contributed by atoms with Crippen molar-refractivity contribution in [1.82, 2.24) is 0 Å². The number of carboxylic acids is 2. The number of anilines is 2. The van der Waals surface area contributed by atoms with Gasteiger partial charge < -0.3 is 20.8 Å². The van der Waals surface area contributed by atoms with Gasteiger partial charge in [0.05, 0.1) is 22.5 Å². The van der Waals surface area contributed by atoms with E-state index in [1.165, 1.54) is 36.4 Å². The minimum atomic E-state index is -1.20. The Balaban J connectivity index is 2.04. The maximum atomic E-state index is 11.9. The zero-order chi connectivity index (χ0) is 19.1. The summed E-state index contributed by atoms with van der Waals surface area (Å²) in [7, 11) is 0. The van der Waals surface area contributed by atoms with Crippen LogP contribution in [0.2, 0.25) is 0 Å². The standard InChI is InChI=1S/C18H14N2O6/c21-15(19-13-7-3-1-5-11(13)17(23)24)9-10-16(22)20-14-8-4-2-6-12(14)18(25)26/h1-10H,(H,19,21)(H,20,22)(H,23,24)(H,25,26). The maximum Gasteiger partial charge on any atom is 0.337 e. The lowest BCUT2D eigenvalue weighted by atomic mass is 10.1. The molecule has 0 aliphatic carbocycles. The van der Waals surface area contributed by atoms with Gasteiger partial charge in [-0.1, -0.05) is 24.3 Å². The molecule has 0 aliphatic heterocycles. The second kappa shape index (κ2) is 8.25. The fraction of sp³-hybridized carbons (Fsp3) is 0. The Labute approximate surface area is 147 Å². The molecule has 0 atom stereocenters. The lowest BCUT2D eigenvalue weighted by Gasteiger charge is -2.07. The first-order valence-corrected chi connectivity index (χ1v) is 7.33. The number of carbonyl (C=O) groups is 4. The summed E-state index contributed by atoms with van der Waals surface area (Å²) in [6, 6.07) is 11.6. The number of aromatic carboxylic acids is 2. The molecule has 0 radical (unpaired) electrons. The smallest absolute Gasteiger partial charge is 0.337 e. The van der Waals surface area contributed by atoms with Crippen molar-refractivity contribution in [3.8, 4) is 0 Å². The van der Waals surface area contributed by atoms with Gasteiger partial charge in [-0.3, -0.25) is 9.59 Å². The topological polar surface area (TPSA) is 133 Å². The molecule has 0 bridgehead atoms. The summed E-state index contributed by atoms with van der Waals surface area (Å²) in [6.45, 7) is 0. The van der Waals surface area contributed by atoms with Crippen LogP contribution in [0, 0.1) is 0 Å². The molecule has 2 aromatic rings. The van der Waals surface area contributed by atoms with Crippen molar-refractivity contribution in [2.75, 3.05) is 10.6 Å². The van der Waals surface area contributed by atoms with Gasteiger partial charge >= 0.3 is 11.9 Å². The van der Waals surface area contributed by atoms with E-state index in [1.807, 2.05) is 0 Å². The SMILES string of the molecule is O=C(C=CC(=O)Nc1ccccc1C(=O)O)Nc1ccccc1C(=O)O. The fourth-order valence-corrected chi connectivity index (χ4v) is 2.06. The van der Waals surface area contributed by atoms with E-state index < -0.39 is 23.8 Å². The number of nitrogens with one attached hydrogen (secondary N) is 2. The van der Waals surface area contributed by atoms with Gasteiger partial charge in [0, 0.05) is 12.2 Å². The third-order valence-electron chi connectivity index (χ3n) is 3.22. The molecule has 2 amide bonds. The molecule has 0 fully saturated rings. The van der Waals surface area contributed by atoms with E-state index in [0.29, 0.717) is 0 Å². The van der Waals surface area contributed by atoms with Crippen molar-refractivity contribution in [1.29, 1.82) is 0 Å². The first kappa shape index (κ1) is 18.4. The summed E-state index contributed by atoms with van der Waals surface area (Å²) in [4.78, 5) is 45.9. The zero-order valence-corrected chi connectivity index (χ0v) is 13.3. The molecule has 0 unspecified atom stereocenters. The van der Waals surface area contributed by atoms with E-state index in [2.05, 4.69) is 10.6 Å². The normalized spacial score (nSPS) is 10.3. The number of hydrogen-bond acceptors (Lipinski definition) is 4. The predicted octanol–water partition coefficient (Wildman–Crippen LogP) is 2.22. The highest BCUT2D eigenvalue weighted by molar-refractivity contribution is 6.10. The Morgan fingerprint density at radius 3 is 1.35 bits per heavy atom. The largest absolute Gasteiger partial charge is 0.478 e. The second-order valence-corrected chi connectivity index (χ2v) is 5.01. The predicted molar refractivity (Wildman–Crippen MR) is 93.2 cm³/mol. The Bertz CT molecular complexity index is 831. The minimum absolute atomic E-state index is 0.0888. The quantitative estimate of drug-likeness (QED) is 0.588. The number of carboxylic acid groups (broad SMARTS) is 2. The number of amides is 2.